The summed E-state index contributed by atoms with van der Waals surface area (Å²) in [6, 6.07) is 53.3. The van der Waals surface area contributed by atoms with Crippen LogP contribution < -0.4 is 4.90 Å². The van der Waals surface area contributed by atoms with Crippen molar-refractivity contribution in [2.45, 2.75) is 63.7 Å². The second-order valence-corrected chi connectivity index (χ2v) is 17.3. The average Bonchev–Trinajstić information content (AvgIpc) is 3.57. The number of hydrogen-bond acceptors (Lipinski definition) is 1. The predicted molar refractivity (Wildman–Crippen MR) is 212 cm³/mol. The predicted octanol–water partition coefficient (Wildman–Crippen LogP) is 13.2. The van der Waals surface area contributed by atoms with Crippen LogP contribution in [0.25, 0.3) is 33.4 Å². The van der Waals surface area contributed by atoms with Gasteiger partial charge in [0.1, 0.15) is 0 Å². The van der Waals surface area contributed by atoms with Crippen molar-refractivity contribution in [3.8, 4) is 33.4 Å². The van der Waals surface area contributed by atoms with Gasteiger partial charge in [-0.15, -0.1) is 0 Å². The lowest BCUT2D eigenvalue weighted by Crippen LogP contribution is -2.61. The fourth-order valence-electron chi connectivity index (χ4n) is 12.7. The number of hydrogen-bond donors (Lipinski definition) is 0. The number of nitrogens with zero attached hydrogens (tertiary/aromatic N) is 1. The maximum atomic E-state index is 2.69. The van der Waals surface area contributed by atoms with E-state index in [1.54, 1.807) is 11.1 Å². The smallest absolute Gasteiger partial charge is 0.0543 e. The third-order valence-electron chi connectivity index (χ3n) is 14.3. The van der Waals surface area contributed by atoms with Crippen LogP contribution in [0.2, 0.25) is 0 Å². The zero-order chi connectivity index (χ0) is 34.1. The van der Waals surface area contributed by atoms with Crippen molar-refractivity contribution in [2.24, 2.45) is 23.2 Å². The highest BCUT2D eigenvalue weighted by Crippen LogP contribution is 2.74. The molecule has 6 aliphatic carbocycles. The first kappa shape index (κ1) is 29.8. The molecule has 0 saturated heterocycles. The topological polar surface area (TPSA) is 3.24 Å². The van der Waals surface area contributed by atoms with Gasteiger partial charge >= 0.3 is 0 Å². The Morgan fingerprint density at radius 2 is 1.20 bits per heavy atom. The van der Waals surface area contributed by atoms with E-state index in [1.165, 1.54) is 93.7 Å². The van der Waals surface area contributed by atoms with Gasteiger partial charge in [0.2, 0.25) is 0 Å². The summed E-state index contributed by atoms with van der Waals surface area (Å²) in [5.41, 5.74) is 18.3. The van der Waals surface area contributed by atoms with Crippen molar-refractivity contribution in [3.05, 3.63) is 162 Å². The van der Waals surface area contributed by atoms with Gasteiger partial charge in [-0.1, -0.05) is 124 Å². The quantitative estimate of drug-likeness (QED) is 0.182. The number of para-hydroxylation sites is 1. The summed E-state index contributed by atoms with van der Waals surface area (Å²) < 4.78 is 0. The van der Waals surface area contributed by atoms with Gasteiger partial charge in [0.15, 0.2) is 0 Å². The Bertz CT molecular complexity index is 2350. The summed E-state index contributed by atoms with van der Waals surface area (Å²) in [5.74, 6) is 2.45. The van der Waals surface area contributed by atoms with Gasteiger partial charge in [-0.2, -0.15) is 0 Å². The fourth-order valence-corrected chi connectivity index (χ4v) is 12.7. The lowest BCUT2D eigenvalue weighted by molar-refractivity contribution is -0.102. The van der Waals surface area contributed by atoms with E-state index in [-0.39, 0.29) is 16.2 Å². The van der Waals surface area contributed by atoms with Crippen LogP contribution in [0.3, 0.4) is 0 Å². The summed E-state index contributed by atoms with van der Waals surface area (Å²) in [7, 11) is 0. The van der Waals surface area contributed by atoms with Crippen LogP contribution in [0, 0.1) is 23.2 Å². The first-order valence-corrected chi connectivity index (χ1v) is 19.3. The van der Waals surface area contributed by atoms with E-state index in [0.29, 0.717) is 5.92 Å². The Labute approximate surface area is 303 Å². The summed E-state index contributed by atoms with van der Waals surface area (Å²) in [6.45, 7) is 7.47. The van der Waals surface area contributed by atoms with Crippen LogP contribution in [0.4, 0.5) is 17.1 Å². The standard InChI is InChI=1S/C50H45N/c1-48(2)42-18-11-10-17-40(42)47-44(48)19-12-20-46(47)51(37-15-8-5-9-16-37)38-22-23-39-41-28-35(34-13-6-4-7-14-34)21-24-43(41)50(45(39)29-38)36-26-32-25-33(27-36)31-49(50,3)30-32/h4-24,28-29,32-33,36H,25-27,30-31H2,1-3H3. The SMILES string of the molecule is CC1(C)c2ccccc2-c2c(N(c3ccccc3)c3ccc4c(c3)C3(c5ccc(-c6ccccc6)cc5-4)C4CC5CC(C4)CC3(C)C5)cccc21. The second kappa shape index (κ2) is 10.3. The maximum Gasteiger partial charge on any atom is 0.0543 e. The molecule has 3 atom stereocenters. The van der Waals surface area contributed by atoms with E-state index in [2.05, 4.69) is 165 Å². The van der Waals surface area contributed by atoms with Gasteiger partial charge in [0.25, 0.3) is 0 Å². The molecule has 3 unspecified atom stereocenters. The molecule has 0 aromatic heterocycles. The molecule has 4 saturated carbocycles. The van der Waals surface area contributed by atoms with Crippen molar-refractivity contribution in [1.29, 1.82) is 0 Å². The Morgan fingerprint density at radius 3 is 1.96 bits per heavy atom. The highest BCUT2D eigenvalue weighted by molar-refractivity contribution is 5.96. The largest absolute Gasteiger partial charge is 0.310 e. The van der Waals surface area contributed by atoms with Gasteiger partial charge < -0.3 is 4.90 Å². The zero-order valence-electron chi connectivity index (χ0n) is 30.0. The molecule has 12 rings (SSSR count). The summed E-state index contributed by atoms with van der Waals surface area (Å²) in [6.07, 6.45) is 6.90. The minimum Gasteiger partial charge on any atom is -0.310 e. The van der Waals surface area contributed by atoms with Gasteiger partial charge in [-0.3, -0.25) is 0 Å². The first-order valence-electron chi connectivity index (χ1n) is 19.3. The van der Waals surface area contributed by atoms with E-state index >= 15 is 0 Å². The molecule has 51 heavy (non-hydrogen) atoms. The molecule has 6 aromatic rings. The van der Waals surface area contributed by atoms with Crippen molar-refractivity contribution in [1.82, 2.24) is 0 Å². The number of benzene rings is 6. The van der Waals surface area contributed by atoms with Gasteiger partial charge in [-0.25, -0.2) is 0 Å². The fraction of sp³-hybridized carbons (Fsp3) is 0.280. The summed E-state index contributed by atoms with van der Waals surface area (Å²) >= 11 is 0. The zero-order valence-corrected chi connectivity index (χ0v) is 30.0. The molecule has 6 aliphatic rings. The molecule has 0 heterocycles. The normalized spacial score (nSPS) is 26.8. The Morgan fingerprint density at radius 1 is 0.490 bits per heavy atom. The molecular formula is C50H45N. The minimum atomic E-state index is -0.0562. The summed E-state index contributed by atoms with van der Waals surface area (Å²) in [4.78, 5) is 2.57. The molecule has 0 amide bonds. The molecule has 4 fully saturated rings. The third-order valence-corrected chi connectivity index (χ3v) is 14.3. The molecule has 0 radical (unpaired) electrons. The third kappa shape index (κ3) is 3.88. The van der Waals surface area contributed by atoms with Crippen molar-refractivity contribution < 1.29 is 0 Å². The molecule has 1 nitrogen and oxygen atoms in total. The molecule has 6 aromatic carbocycles. The molecule has 1 spiro atoms. The Kier molecular flexibility index (Phi) is 6.05. The van der Waals surface area contributed by atoms with Crippen molar-refractivity contribution in [2.75, 3.05) is 4.90 Å². The number of rotatable bonds is 4. The van der Waals surface area contributed by atoms with Gasteiger partial charge in [-0.05, 0) is 142 Å². The molecular weight excluding hydrogens is 615 g/mol. The van der Waals surface area contributed by atoms with Crippen LogP contribution in [-0.4, -0.2) is 0 Å². The summed E-state index contributed by atoms with van der Waals surface area (Å²) in [5, 5.41) is 0. The number of fused-ring (bicyclic) bond motifs is 6. The number of anilines is 3. The van der Waals surface area contributed by atoms with Crippen molar-refractivity contribution in [3.63, 3.8) is 0 Å². The van der Waals surface area contributed by atoms with E-state index in [9.17, 15) is 0 Å². The maximum absolute atomic E-state index is 2.69. The van der Waals surface area contributed by atoms with Crippen LogP contribution in [-0.2, 0) is 10.8 Å². The van der Waals surface area contributed by atoms with Gasteiger partial charge in [0, 0.05) is 27.8 Å². The molecule has 0 N–H and O–H groups in total. The van der Waals surface area contributed by atoms with E-state index < -0.39 is 0 Å². The molecule has 250 valence electrons. The highest BCUT2D eigenvalue weighted by atomic mass is 15.1. The van der Waals surface area contributed by atoms with E-state index in [1.807, 2.05) is 0 Å². The lowest BCUT2D eigenvalue weighted by Gasteiger charge is -2.66. The Hall–Kier alpha value is -4.88. The second-order valence-electron chi connectivity index (χ2n) is 17.3. The molecule has 4 bridgehead atoms. The van der Waals surface area contributed by atoms with E-state index in [0.717, 1.165) is 11.8 Å². The van der Waals surface area contributed by atoms with Crippen LogP contribution in [0.15, 0.2) is 140 Å². The van der Waals surface area contributed by atoms with Crippen LogP contribution >= 0.6 is 0 Å². The first-order chi connectivity index (χ1) is 24.9. The average molecular weight is 660 g/mol. The highest BCUT2D eigenvalue weighted by Gasteiger charge is 2.67. The van der Waals surface area contributed by atoms with Crippen LogP contribution in [0.1, 0.15) is 75.1 Å². The molecule has 1 heteroatoms. The minimum absolute atomic E-state index is 0.0336. The Balaban J connectivity index is 1.17. The monoisotopic (exact) mass is 659 g/mol. The molecule has 0 aliphatic heterocycles. The van der Waals surface area contributed by atoms with Crippen LogP contribution in [0.5, 0.6) is 0 Å². The van der Waals surface area contributed by atoms with Crippen molar-refractivity contribution >= 4 is 17.1 Å². The lowest BCUT2D eigenvalue weighted by atomic mass is 9.37. The van der Waals surface area contributed by atoms with E-state index in [4.69, 9.17) is 0 Å². The van der Waals surface area contributed by atoms with Gasteiger partial charge in [0.05, 0.1) is 5.69 Å².